The van der Waals surface area contributed by atoms with E-state index in [1.807, 2.05) is 13.0 Å². The molecule has 0 radical (unpaired) electrons. The lowest BCUT2D eigenvalue weighted by atomic mass is 10.1. The molecular formula is C11H13NO2. The lowest BCUT2D eigenvalue weighted by Crippen LogP contribution is -2.05. The Labute approximate surface area is 82.8 Å². The van der Waals surface area contributed by atoms with E-state index in [0.717, 1.165) is 36.2 Å². The van der Waals surface area contributed by atoms with Gasteiger partial charge in [-0.05, 0) is 37.3 Å². The second-order valence-corrected chi connectivity index (χ2v) is 3.76. The topological polar surface area (TPSA) is 50.2 Å². The Morgan fingerprint density at radius 3 is 3.07 bits per heavy atom. The third-order valence-electron chi connectivity index (χ3n) is 2.69. The molecule has 0 aromatic carbocycles. The number of rotatable bonds is 2. The highest BCUT2D eigenvalue weighted by molar-refractivity contribution is 5.70. The SMILES string of the molecule is Cc1nc2c(cc1CC(=O)O)CCC2. The van der Waals surface area contributed by atoms with Gasteiger partial charge in [0, 0.05) is 11.4 Å². The maximum atomic E-state index is 10.6. The van der Waals surface area contributed by atoms with Crippen molar-refractivity contribution in [2.75, 3.05) is 0 Å². The molecule has 2 rings (SSSR count). The number of carboxylic acid groups (broad SMARTS) is 1. The van der Waals surface area contributed by atoms with Crippen LogP contribution in [0.25, 0.3) is 0 Å². The normalized spacial score (nSPS) is 14.1. The Morgan fingerprint density at radius 2 is 2.36 bits per heavy atom. The van der Waals surface area contributed by atoms with E-state index in [2.05, 4.69) is 4.98 Å². The summed E-state index contributed by atoms with van der Waals surface area (Å²) in [5, 5.41) is 8.71. The van der Waals surface area contributed by atoms with Crippen LogP contribution in [0, 0.1) is 6.92 Å². The molecule has 1 heterocycles. The van der Waals surface area contributed by atoms with E-state index in [9.17, 15) is 4.79 Å². The minimum atomic E-state index is -0.784. The number of carboxylic acids is 1. The standard InChI is InChI=1S/C11H13NO2/c1-7-9(6-11(13)14)5-8-3-2-4-10(8)12-7/h5H,2-4,6H2,1H3,(H,13,14). The molecule has 1 aliphatic carbocycles. The summed E-state index contributed by atoms with van der Waals surface area (Å²) in [6.45, 7) is 1.89. The van der Waals surface area contributed by atoms with Gasteiger partial charge in [0.2, 0.25) is 0 Å². The first-order chi connectivity index (χ1) is 6.66. The molecule has 0 aliphatic heterocycles. The molecule has 1 aromatic rings. The van der Waals surface area contributed by atoms with Gasteiger partial charge in [-0.2, -0.15) is 0 Å². The van der Waals surface area contributed by atoms with Crippen LogP contribution in [-0.2, 0) is 24.1 Å². The molecule has 14 heavy (non-hydrogen) atoms. The van der Waals surface area contributed by atoms with E-state index < -0.39 is 5.97 Å². The van der Waals surface area contributed by atoms with Gasteiger partial charge in [0.15, 0.2) is 0 Å². The molecule has 0 spiro atoms. The van der Waals surface area contributed by atoms with Crippen LogP contribution >= 0.6 is 0 Å². The fourth-order valence-corrected chi connectivity index (χ4v) is 1.97. The summed E-state index contributed by atoms with van der Waals surface area (Å²) in [7, 11) is 0. The van der Waals surface area contributed by atoms with Gasteiger partial charge in [0.05, 0.1) is 6.42 Å². The predicted molar refractivity (Wildman–Crippen MR) is 52.3 cm³/mol. The predicted octanol–water partition coefficient (Wildman–Crippen LogP) is 1.51. The molecule has 1 N–H and O–H groups in total. The van der Waals surface area contributed by atoms with Gasteiger partial charge in [-0.25, -0.2) is 0 Å². The highest BCUT2D eigenvalue weighted by Crippen LogP contribution is 2.22. The van der Waals surface area contributed by atoms with Crippen LogP contribution in [0.15, 0.2) is 6.07 Å². The van der Waals surface area contributed by atoms with Crippen LogP contribution < -0.4 is 0 Å². The maximum Gasteiger partial charge on any atom is 0.307 e. The first-order valence-electron chi connectivity index (χ1n) is 4.87. The van der Waals surface area contributed by atoms with Crippen LogP contribution in [0.3, 0.4) is 0 Å². The summed E-state index contributed by atoms with van der Waals surface area (Å²) in [4.78, 5) is 15.0. The zero-order chi connectivity index (χ0) is 10.1. The second kappa shape index (κ2) is 3.40. The van der Waals surface area contributed by atoms with E-state index >= 15 is 0 Å². The third-order valence-corrected chi connectivity index (χ3v) is 2.69. The number of nitrogens with zero attached hydrogens (tertiary/aromatic N) is 1. The van der Waals surface area contributed by atoms with E-state index in [0.29, 0.717) is 0 Å². The molecule has 1 aliphatic rings. The van der Waals surface area contributed by atoms with Crippen molar-refractivity contribution in [3.63, 3.8) is 0 Å². The van der Waals surface area contributed by atoms with E-state index in [4.69, 9.17) is 5.11 Å². The Balaban J connectivity index is 2.37. The van der Waals surface area contributed by atoms with Crippen molar-refractivity contribution in [1.82, 2.24) is 4.98 Å². The van der Waals surface area contributed by atoms with Gasteiger partial charge in [0.1, 0.15) is 0 Å². The number of hydrogen-bond donors (Lipinski definition) is 1. The molecule has 0 saturated carbocycles. The smallest absolute Gasteiger partial charge is 0.307 e. The van der Waals surface area contributed by atoms with Crippen LogP contribution in [0.4, 0.5) is 0 Å². The minimum absolute atomic E-state index is 0.0894. The van der Waals surface area contributed by atoms with Crippen LogP contribution in [0.2, 0.25) is 0 Å². The Kier molecular flexibility index (Phi) is 2.23. The van der Waals surface area contributed by atoms with E-state index in [1.165, 1.54) is 5.56 Å². The molecular weight excluding hydrogens is 178 g/mol. The van der Waals surface area contributed by atoms with Crippen molar-refractivity contribution >= 4 is 5.97 Å². The van der Waals surface area contributed by atoms with Crippen LogP contribution in [0.1, 0.15) is 28.9 Å². The van der Waals surface area contributed by atoms with Crippen molar-refractivity contribution < 1.29 is 9.90 Å². The first kappa shape index (κ1) is 9.19. The fourth-order valence-electron chi connectivity index (χ4n) is 1.97. The van der Waals surface area contributed by atoms with Crippen LogP contribution in [-0.4, -0.2) is 16.1 Å². The van der Waals surface area contributed by atoms with E-state index in [1.54, 1.807) is 0 Å². The fraction of sp³-hybridized carbons (Fsp3) is 0.455. The van der Waals surface area contributed by atoms with Gasteiger partial charge < -0.3 is 5.11 Å². The molecule has 0 atom stereocenters. The van der Waals surface area contributed by atoms with Gasteiger partial charge in [-0.3, -0.25) is 9.78 Å². The summed E-state index contributed by atoms with van der Waals surface area (Å²) in [5.41, 5.74) is 4.13. The lowest BCUT2D eigenvalue weighted by molar-refractivity contribution is -0.136. The van der Waals surface area contributed by atoms with Crippen molar-refractivity contribution in [2.24, 2.45) is 0 Å². The van der Waals surface area contributed by atoms with Gasteiger partial charge >= 0.3 is 5.97 Å². The number of pyridine rings is 1. The highest BCUT2D eigenvalue weighted by Gasteiger charge is 2.15. The molecule has 0 saturated heterocycles. The van der Waals surface area contributed by atoms with Gasteiger partial charge in [-0.1, -0.05) is 6.07 Å². The van der Waals surface area contributed by atoms with Crippen molar-refractivity contribution in [3.05, 3.63) is 28.6 Å². The maximum absolute atomic E-state index is 10.6. The van der Waals surface area contributed by atoms with Crippen molar-refractivity contribution in [2.45, 2.75) is 32.6 Å². The summed E-state index contributed by atoms with van der Waals surface area (Å²) in [6.07, 6.45) is 3.34. The van der Waals surface area contributed by atoms with Crippen molar-refractivity contribution in [1.29, 1.82) is 0 Å². The molecule has 1 aromatic heterocycles. The zero-order valence-corrected chi connectivity index (χ0v) is 8.21. The lowest BCUT2D eigenvalue weighted by Gasteiger charge is -2.06. The molecule has 3 nitrogen and oxygen atoms in total. The number of fused-ring (bicyclic) bond motifs is 1. The number of aryl methyl sites for hydroxylation is 3. The molecule has 74 valence electrons. The summed E-state index contributed by atoms with van der Waals surface area (Å²) >= 11 is 0. The highest BCUT2D eigenvalue weighted by atomic mass is 16.4. The molecule has 0 bridgehead atoms. The number of aromatic nitrogens is 1. The van der Waals surface area contributed by atoms with Crippen molar-refractivity contribution in [3.8, 4) is 0 Å². The van der Waals surface area contributed by atoms with Gasteiger partial charge in [-0.15, -0.1) is 0 Å². The quantitative estimate of drug-likeness (QED) is 0.770. The number of carbonyl (C=O) groups is 1. The Bertz CT molecular complexity index is 385. The van der Waals surface area contributed by atoms with E-state index in [-0.39, 0.29) is 6.42 Å². The number of aliphatic carboxylic acids is 1. The minimum Gasteiger partial charge on any atom is -0.481 e. The molecule has 0 fully saturated rings. The van der Waals surface area contributed by atoms with Gasteiger partial charge in [0.25, 0.3) is 0 Å². The molecule has 0 unspecified atom stereocenters. The van der Waals surface area contributed by atoms with Crippen LogP contribution in [0.5, 0.6) is 0 Å². The number of hydrogen-bond acceptors (Lipinski definition) is 2. The third kappa shape index (κ3) is 1.62. The monoisotopic (exact) mass is 191 g/mol. The Morgan fingerprint density at radius 1 is 1.57 bits per heavy atom. The Hall–Kier alpha value is -1.38. The average molecular weight is 191 g/mol. The summed E-state index contributed by atoms with van der Waals surface area (Å²) in [5.74, 6) is -0.784. The molecule has 0 amide bonds. The largest absolute Gasteiger partial charge is 0.481 e. The zero-order valence-electron chi connectivity index (χ0n) is 8.21. The average Bonchev–Trinajstić information content (AvgIpc) is 2.51. The summed E-state index contributed by atoms with van der Waals surface area (Å²) in [6, 6.07) is 2.01. The second-order valence-electron chi connectivity index (χ2n) is 3.76. The first-order valence-corrected chi connectivity index (χ1v) is 4.87. The molecule has 3 heteroatoms. The summed E-state index contributed by atoms with van der Waals surface area (Å²) < 4.78 is 0.